The maximum Gasteiger partial charge on any atom is 0.164 e. The number of furan rings is 1. The number of fused-ring (bicyclic) bond motifs is 1. The molecule has 2 heterocycles. The molecule has 2 aromatic heterocycles. The fourth-order valence-corrected chi connectivity index (χ4v) is 2.19. The molecule has 0 unspecified atom stereocenters. The van der Waals surface area contributed by atoms with E-state index in [1.54, 1.807) is 12.4 Å². The Morgan fingerprint density at radius 3 is 2.89 bits per heavy atom. The summed E-state index contributed by atoms with van der Waals surface area (Å²) in [6.45, 7) is 0. The zero-order valence-corrected chi connectivity index (χ0v) is 12.0. The number of para-hydroxylation sites is 1. The zero-order chi connectivity index (χ0) is 13.1. The second-order valence-corrected chi connectivity index (χ2v) is 4.96. The van der Waals surface area contributed by atoms with E-state index in [1.807, 2.05) is 42.5 Å². The van der Waals surface area contributed by atoms with Crippen LogP contribution in [-0.2, 0) is 0 Å². The molecule has 0 atom stereocenters. The van der Waals surface area contributed by atoms with Crippen molar-refractivity contribution < 1.29 is 4.42 Å². The van der Waals surface area contributed by atoms with Crippen LogP contribution in [0.15, 0.2) is 58.2 Å². The average molecular weight is 363 g/mol. The Bertz CT molecular complexity index is 731. The van der Waals surface area contributed by atoms with Gasteiger partial charge in [0.05, 0.1) is 17.4 Å². The molecule has 94 valence electrons. The van der Waals surface area contributed by atoms with E-state index >= 15 is 0 Å². The number of nitrogens with one attached hydrogen (secondary N) is 1. The van der Waals surface area contributed by atoms with Crippen molar-refractivity contribution in [1.82, 2.24) is 4.98 Å². The lowest BCUT2D eigenvalue weighted by Gasteiger charge is -2.03. The number of hydrogen-bond acceptors (Lipinski definition) is 4. The topological polar surface area (TPSA) is 50.4 Å². The largest absolute Gasteiger partial charge is 0.449 e. The summed E-state index contributed by atoms with van der Waals surface area (Å²) in [6.07, 6.45) is 3.41. The van der Waals surface area contributed by atoms with Crippen LogP contribution in [0.1, 0.15) is 5.76 Å². The van der Waals surface area contributed by atoms with E-state index < -0.39 is 0 Å². The first kappa shape index (κ1) is 12.2. The van der Waals surface area contributed by atoms with Gasteiger partial charge in [0.2, 0.25) is 0 Å². The molecule has 4 nitrogen and oxygen atoms in total. The van der Waals surface area contributed by atoms with Gasteiger partial charge < -0.3 is 4.42 Å². The van der Waals surface area contributed by atoms with E-state index in [1.165, 1.54) is 0 Å². The molecule has 1 aromatic carbocycles. The van der Waals surface area contributed by atoms with Crippen molar-refractivity contribution in [1.29, 1.82) is 0 Å². The minimum Gasteiger partial charge on any atom is -0.449 e. The van der Waals surface area contributed by atoms with E-state index in [-0.39, 0.29) is 0 Å². The molecule has 0 aliphatic heterocycles. The quantitative estimate of drug-likeness (QED) is 0.437. The molecule has 0 aliphatic rings. The third-order valence-corrected chi connectivity index (χ3v) is 3.18. The molecular formula is C14H10IN3O. The van der Waals surface area contributed by atoms with Crippen LogP contribution in [0.4, 0.5) is 5.69 Å². The first-order valence-corrected chi connectivity index (χ1v) is 6.79. The van der Waals surface area contributed by atoms with Gasteiger partial charge in [-0.25, -0.2) is 0 Å². The van der Waals surface area contributed by atoms with Gasteiger partial charge in [-0.15, -0.1) is 0 Å². The molecule has 1 N–H and O–H groups in total. The van der Waals surface area contributed by atoms with Crippen molar-refractivity contribution in [2.75, 3.05) is 5.43 Å². The SMILES string of the molecule is Ic1ccc(/C=N\Nc2cccc3cccnc23)o1. The molecule has 19 heavy (non-hydrogen) atoms. The van der Waals surface area contributed by atoms with Gasteiger partial charge in [-0.1, -0.05) is 18.2 Å². The average Bonchev–Trinajstić information content (AvgIpc) is 2.85. The Hall–Kier alpha value is -1.89. The summed E-state index contributed by atoms with van der Waals surface area (Å²) < 4.78 is 6.23. The Labute approximate surface area is 123 Å². The summed E-state index contributed by atoms with van der Waals surface area (Å²) in [5.41, 5.74) is 4.76. The van der Waals surface area contributed by atoms with Crippen LogP contribution in [0.5, 0.6) is 0 Å². The summed E-state index contributed by atoms with van der Waals surface area (Å²) in [6, 6.07) is 13.6. The highest BCUT2D eigenvalue weighted by Gasteiger charge is 2.00. The lowest BCUT2D eigenvalue weighted by Crippen LogP contribution is -1.92. The summed E-state index contributed by atoms with van der Waals surface area (Å²) in [5, 5.41) is 5.24. The molecule has 0 spiro atoms. The van der Waals surface area contributed by atoms with Crippen molar-refractivity contribution in [2.45, 2.75) is 0 Å². The first-order chi connectivity index (χ1) is 9.33. The van der Waals surface area contributed by atoms with Crippen LogP contribution in [-0.4, -0.2) is 11.2 Å². The van der Waals surface area contributed by atoms with Crippen molar-refractivity contribution in [3.05, 3.63) is 58.2 Å². The van der Waals surface area contributed by atoms with E-state index in [0.29, 0.717) is 5.76 Å². The Kier molecular flexibility index (Phi) is 3.45. The van der Waals surface area contributed by atoms with Gasteiger partial charge >= 0.3 is 0 Å². The summed E-state index contributed by atoms with van der Waals surface area (Å²) >= 11 is 2.12. The minimum absolute atomic E-state index is 0.713. The van der Waals surface area contributed by atoms with Crippen LogP contribution in [0.2, 0.25) is 0 Å². The Balaban J connectivity index is 1.84. The predicted octanol–water partition coefficient (Wildman–Crippen LogP) is 3.88. The highest BCUT2D eigenvalue weighted by molar-refractivity contribution is 14.1. The molecule has 0 fully saturated rings. The molecule has 0 aliphatic carbocycles. The molecule has 0 saturated carbocycles. The Morgan fingerprint density at radius 1 is 1.16 bits per heavy atom. The zero-order valence-electron chi connectivity index (χ0n) is 9.88. The number of anilines is 1. The monoisotopic (exact) mass is 363 g/mol. The van der Waals surface area contributed by atoms with Gasteiger partial charge in [-0.3, -0.25) is 10.4 Å². The minimum atomic E-state index is 0.713. The van der Waals surface area contributed by atoms with Crippen molar-refractivity contribution in [3.8, 4) is 0 Å². The normalized spacial score (nSPS) is 11.2. The molecule has 3 rings (SSSR count). The highest BCUT2D eigenvalue weighted by atomic mass is 127. The first-order valence-electron chi connectivity index (χ1n) is 5.71. The van der Waals surface area contributed by atoms with E-state index in [2.05, 4.69) is 38.1 Å². The van der Waals surface area contributed by atoms with Crippen molar-refractivity contribution in [2.24, 2.45) is 5.10 Å². The molecule has 5 heteroatoms. The van der Waals surface area contributed by atoms with Crippen molar-refractivity contribution in [3.63, 3.8) is 0 Å². The molecule has 3 aromatic rings. The smallest absolute Gasteiger partial charge is 0.164 e. The van der Waals surface area contributed by atoms with Crippen LogP contribution < -0.4 is 5.43 Å². The molecule has 0 saturated heterocycles. The van der Waals surface area contributed by atoms with Crippen LogP contribution >= 0.6 is 22.6 Å². The predicted molar refractivity (Wildman–Crippen MR) is 84.4 cm³/mol. The molecule has 0 amide bonds. The molecule has 0 radical (unpaired) electrons. The second-order valence-electron chi connectivity index (χ2n) is 3.89. The molecule has 0 bridgehead atoms. The van der Waals surface area contributed by atoms with Crippen molar-refractivity contribution >= 4 is 45.4 Å². The number of pyridine rings is 1. The Morgan fingerprint density at radius 2 is 2.05 bits per heavy atom. The maximum absolute atomic E-state index is 5.39. The number of hydrazone groups is 1. The second kappa shape index (κ2) is 5.40. The lowest BCUT2D eigenvalue weighted by atomic mass is 10.2. The summed E-state index contributed by atoms with van der Waals surface area (Å²) in [4.78, 5) is 4.35. The maximum atomic E-state index is 5.39. The standard InChI is InChI=1S/C14H10IN3O/c15-13-7-6-11(19-13)9-17-18-12-5-1-3-10-4-2-8-16-14(10)12/h1-9,18H/b17-9-. The van der Waals surface area contributed by atoms with E-state index in [4.69, 9.17) is 4.42 Å². The van der Waals surface area contributed by atoms with Gasteiger partial charge in [0.15, 0.2) is 3.77 Å². The van der Waals surface area contributed by atoms with Crippen LogP contribution in [0.3, 0.4) is 0 Å². The van der Waals surface area contributed by atoms with Gasteiger partial charge in [0.25, 0.3) is 0 Å². The van der Waals surface area contributed by atoms with E-state index in [9.17, 15) is 0 Å². The van der Waals surface area contributed by atoms with Gasteiger partial charge in [0.1, 0.15) is 5.76 Å². The third-order valence-electron chi connectivity index (χ3n) is 2.60. The van der Waals surface area contributed by atoms with Crippen LogP contribution in [0, 0.1) is 3.77 Å². The van der Waals surface area contributed by atoms with Gasteiger partial charge in [0, 0.05) is 11.6 Å². The number of halogens is 1. The lowest BCUT2D eigenvalue weighted by molar-refractivity contribution is 0.531. The highest BCUT2D eigenvalue weighted by Crippen LogP contribution is 2.20. The number of hydrogen-bond donors (Lipinski definition) is 1. The van der Waals surface area contributed by atoms with E-state index in [0.717, 1.165) is 20.4 Å². The number of nitrogens with zero attached hydrogens (tertiary/aromatic N) is 2. The van der Waals surface area contributed by atoms with Gasteiger partial charge in [-0.2, -0.15) is 5.10 Å². The fraction of sp³-hybridized carbons (Fsp3) is 0. The fourth-order valence-electron chi connectivity index (χ4n) is 1.76. The van der Waals surface area contributed by atoms with Gasteiger partial charge in [-0.05, 0) is 46.9 Å². The van der Waals surface area contributed by atoms with Crippen LogP contribution in [0.25, 0.3) is 10.9 Å². The number of benzene rings is 1. The third kappa shape index (κ3) is 2.76. The molecular weight excluding hydrogens is 353 g/mol. The summed E-state index contributed by atoms with van der Waals surface area (Å²) in [7, 11) is 0. The summed E-state index contributed by atoms with van der Waals surface area (Å²) in [5.74, 6) is 0.713. The number of rotatable bonds is 3. The number of aromatic nitrogens is 1.